The van der Waals surface area contributed by atoms with Crippen molar-refractivity contribution in [3.05, 3.63) is 17.5 Å². The Bertz CT molecular complexity index is 609. The van der Waals surface area contributed by atoms with E-state index in [9.17, 15) is 14.7 Å². The molecule has 0 spiro atoms. The highest BCUT2D eigenvalue weighted by Gasteiger charge is 2.30. The van der Waals surface area contributed by atoms with E-state index >= 15 is 0 Å². The molecule has 1 aliphatic heterocycles. The largest absolute Gasteiger partial charge is 0.478 e. The lowest BCUT2D eigenvalue weighted by molar-refractivity contribution is -0.137. The van der Waals surface area contributed by atoms with Crippen LogP contribution in [0.3, 0.4) is 0 Å². The Hall–Kier alpha value is -1.85. The van der Waals surface area contributed by atoms with Gasteiger partial charge >= 0.3 is 5.97 Å². The molecule has 138 valence electrons. The second-order valence-corrected chi connectivity index (χ2v) is 7.49. The molecule has 0 aromatic carbocycles. The van der Waals surface area contributed by atoms with Crippen molar-refractivity contribution < 1.29 is 14.7 Å². The summed E-state index contributed by atoms with van der Waals surface area (Å²) in [6.07, 6.45) is 11.4. The lowest BCUT2D eigenvalue weighted by Crippen LogP contribution is -2.42. The monoisotopic (exact) mass is 347 g/mol. The van der Waals surface area contributed by atoms with Crippen LogP contribution in [0.5, 0.6) is 0 Å². The number of nitrogens with zero attached hydrogens (tertiary/aromatic N) is 3. The van der Waals surface area contributed by atoms with E-state index in [-0.39, 0.29) is 17.5 Å². The van der Waals surface area contributed by atoms with Crippen LogP contribution < -0.4 is 0 Å². The third kappa shape index (κ3) is 4.05. The zero-order valence-electron chi connectivity index (χ0n) is 15.1. The highest BCUT2D eigenvalue weighted by Crippen LogP contribution is 2.28. The number of carboxylic acids is 1. The van der Waals surface area contributed by atoms with Crippen molar-refractivity contribution in [2.45, 2.75) is 70.8 Å². The number of aromatic carboxylic acids is 1. The van der Waals surface area contributed by atoms with E-state index < -0.39 is 5.97 Å². The average molecular weight is 347 g/mol. The molecule has 2 aliphatic rings. The number of hydrogen-bond acceptors (Lipinski definition) is 3. The summed E-state index contributed by atoms with van der Waals surface area (Å²) >= 11 is 0. The first-order chi connectivity index (χ1) is 12.1. The summed E-state index contributed by atoms with van der Waals surface area (Å²) in [6.45, 7) is 3.31. The summed E-state index contributed by atoms with van der Waals surface area (Å²) in [7, 11) is 0. The second-order valence-electron chi connectivity index (χ2n) is 7.49. The van der Waals surface area contributed by atoms with Gasteiger partial charge in [-0.25, -0.2) is 4.79 Å². The molecule has 1 N–H and O–H groups in total. The molecule has 0 radical (unpaired) electrons. The lowest BCUT2D eigenvalue weighted by atomic mass is 9.89. The smallest absolute Gasteiger partial charge is 0.339 e. The summed E-state index contributed by atoms with van der Waals surface area (Å²) in [5, 5.41) is 13.4. The minimum absolute atomic E-state index is 0.189. The Balaban J connectivity index is 1.57. The maximum atomic E-state index is 12.8. The SMILES string of the molecule is Cc1c(C(=O)O)cnn1C1CCN(C(=O)C2CCCCCCC2)CC1. The van der Waals surface area contributed by atoms with Gasteiger partial charge in [0, 0.05) is 19.0 Å². The van der Waals surface area contributed by atoms with Gasteiger partial charge in [-0.05, 0) is 32.6 Å². The maximum absolute atomic E-state index is 12.8. The van der Waals surface area contributed by atoms with Crippen LogP contribution in [0.1, 0.15) is 79.9 Å². The number of rotatable bonds is 3. The molecule has 2 fully saturated rings. The van der Waals surface area contributed by atoms with E-state index in [2.05, 4.69) is 5.10 Å². The highest BCUT2D eigenvalue weighted by atomic mass is 16.4. The highest BCUT2D eigenvalue weighted by molar-refractivity contribution is 5.88. The van der Waals surface area contributed by atoms with E-state index in [1.54, 1.807) is 0 Å². The van der Waals surface area contributed by atoms with Gasteiger partial charge in [0.1, 0.15) is 5.56 Å². The van der Waals surface area contributed by atoms with Crippen molar-refractivity contribution in [3.8, 4) is 0 Å². The Morgan fingerprint density at radius 3 is 2.20 bits per heavy atom. The molecular formula is C19H29N3O3. The summed E-state index contributed by atoms with van der Waals surface area (Å²) in [5.41, 5.74) is 0.977. The van der Waals surface area contributed by atoms with Crippen LogP contribution in [0, 0.1) is 12.8 Å². The Morgan fingerprint density at radius 2 is 1.64 bits per heavy atom. The average Bonchev–Trinajstić information content (AvgIpc) is 2.96. The number of amides is 1. The summed E-state index contributed by atoms with van der Waals surface area (Å²) in [4.78, 5) is 26.1. The van der Waals surface area contributed by atoms with Crippen molar-refractivity contribution in [3.63, 3.8) is 0 Å². The van der Waals surface area contributed by atoms with Gasteiger partial charge < -0.3 is 10.0 Å². The summed E-state index contributed by atoms with van der Waals surface area (Å²) < 4.78 is 1.83. The molecule has 0 atom stereocenters. The van der Waals surface area contributed by atoms with E-state index in [4.69, 9.17) is 0 Å². The predicted octanol–water partition coefficient (Wildman–Crippen LogP) is 3.41. The maximum Gasteiger partial charge on any atom is 0.339 e. The van der Waals surface area contributed by atoms with Gasteiger partial charge in [0.15, 0.2) is 0 Å². The molecule has 3 rings (SSSR count). The molecule has 6 heteroatoms. The van der Waals surface area contributed by atoms with Crippen LogP contribution in [0.2, 0.25) is 0 Å². The van der Waals surface area contributed by atoms with E-state index in [1.165, 1.54) is 38.3 Å². The topological polar surface area (TPSA) is 75.4 Å². The molecule has 1 saturated heterocycles. The van der Waals surface area contributed by atoms with E-state index in [1.807, 2.05) is 16.5 Å². The van der Waals surface area contributed by atoms with Crippen LogP contribution in [0.25, 0.3) is 0 Å². The first kappa shape index (κ1) is 18.0. The number of likely N-dealkylation sites (tertiary alicyclic amines) is 1. The van der Waals surface area contributed by atoms with Gasteiger partial charge in [0.2, 0.25) is 5.91 Å². The van der Waals surface area contributed by atoms with Crippen molar-refractivity contribution >= 4 is 11.9 Å². The second kappa shape index (κ2) is 8.02. The number of carbonyl (C=O) groups excluding carboxylic acids is 1. The zero-order chi connectivity index (χ0) is 17.8. The third-order valence-electron chi connectivity index (χ3n) is 5.85. The molecular weight excluding hydrogens is 318 g/mol. The molecule has 1 aromatic rings. The van der Waals surface area contributed by atoms with Crippen LogP contribution in [0.15, 0.2) is 6.20 Å². The molecule has 1 aromatic heterocycles. The number of carbonyl (C=O) groups is 2. The summed E-state index contributed by atoms with van der Waals surface area (Å²) in [5.74, 6) is -0.383. The van der Waals surface area contributed by atoms with Crippen LogP contribution in [0.4, 0.5) is 0 Å². The van der Waals surface area contributed by atoms with Crippen molar-refractivity contribution in [1.82, 2.24) is 14.7 Å². The molecule has 6 nitrogen and oxygen atoms in total. The Morgan fingerprint density at radius 1 is 1.04 bits per heavy atom. The fourth-order valence-corrected chi connectivity index (χ4v) is 4.29. The molecule has 25 heavy (non-hydrogen) atoms. The molecule has 0 bridgehead atoms. The van der Waals surface area contributed by atoms with Gasteiger partial charge in [-0.1, -0.05) is 32.1 Å². The van der Waals surface area contributed by atoms with Gasteiger partial charge in [-0.15, -0.1) is 0 Å². The van der Waals surface area contributed by atoms with Crippen molar-refractivity contribution in [2.75, 3.05) is 13.1 Å². The minimum Gasteiger partial charge on any atom is -0.478 e. The molecule has 1 saturated carbocycles. The molecule has 2 heterocycles. The van der Waals surface area contributed by atoms with E-state index in [0.717, 1.165) is 38.8 Å². The van der Waals surface area contributed by atoms with Crippen molar-refractivity contribution in [1.29, 1.82) is 0 Å². The van der Waals surface area contributed by atoms with Crippen molar-refractivity contribution in [2.24, 2.45) is 5.92 Å². The normalized spacial score (nSPS) is 20.9. The standard InChI is InChI=1S/C19H29N3O3/c1-14-17(19(24)25)13-20-22(14)16-9-11-21(12-10-16)18(23)15-7-5-3-2-4-6-8-15/h13,15-16H,2-12H2,1H3,(H,24,25). The first-order valence-electron chi connectivity index (χ1n) is 9.64. The summed E-state index contributed by atoms with van der Waals surface area (Å²) in [6, 6.07) is 0.189. The predicted molar refractivity (Wildman–Crippen MR) is 94.6 cm³/mol. The van der Waals surface area contributed by atoms with Gasteiger partial charge in [0.25, 0.3) is 0 Å². The number of carboxylic acid groups (broad SMARTS) is 1. The minimum atomic E-state index is -0.930. The molecule has 0 unspecified atom stereocenters. The first-order valence-corrected chi connectivity index (χ1v) is 9.64. The number of hydrogen-bond donors (Lipinski definition) is 1. The molecule has 1 aliphatic carbocycles. The Labute approximate surface area is 149 Å². The fourth-order valence-electron chi connectivity index (χ4n) is 4.29. The quantitative estimate of drug-likeness (QED) is 0.909. The third-order valence-corrected chi connectivity index (χ3v) is 5.85. The van der Waals surface area contributed by atoms with Crippen LogP contribution >= 0.6 is 0 Å². The Kier molecular flexibility index (Phi) is 5.76. The fraction of sp³-hybridized carbons (Fsp3) is 0.737. The number of piperidine rings is 1. The van der Waals surface area contributed by atoms with Gasteiger partial charge in [0.05, 0.1) is 17.9 Å². The zero-order valence-corrected chi connectivity index (χ0v) is 15.1. The van der Waals surface area contributed by atoms with Gasteiger partial charge in [-0.3, -0.25) is 9.48 Å². The lowest BCUT2D eigenvalue weighted by Gasteiger charge is -2.35. The van der Waals surface area contributed by atoms with Crippen LogP contribution in [-0.2, 0) is 4.79 Å². The van der Waals surface area contributed by atoms with E-state index in [0.29, 0.717) is 11.6 Å². The number of aromatic nitrogens is 2. The molecule has 1 amide bonds. The van der Waals surface area contributed by atoms with Gasteiger partial charge in [-0.2, -0.15) is 5.10 Å². The van der Waals surface area contributed by atoms with Crippen LogP contribution in [-0.4, -0.2) is 44.8 Å².